The van der Waals surface area contributed by atoms with Crippen LogP contribution in [-0.2, 0) is 0 Å². The molecule has 2 rings (SSSR count). The molecular weight excluding hydrogens is 292 g/mol. The van der Waals surface area contributed by atoms with Gasteiger partial charge in [0.25, 0.3) is 0 Å². The average Bonchev–Trinajstić information content (AvgIpc) is 2.51. The highest BCUT2D eigenvalue weighted by Gasteiger charge is 1.91. The van der Waals surface area contributed by atoms with Gasteiger partial charge in [0.2, 0.25) is 0 Å². The van der Waals surface area contributed by atoms with Crippen LogP contribution in [0, 0.1) is 0 Å². The van der Waals surface area contributed by atoms with Crippen molar-refractivity contribution in [2.75, 3.05) is 54.3 Å². The first-order valence-electron chi connectivity index (χ1n) is 7.14. The Balaban J connectivity index is 0.000000224. The second-order valence-electron chi connectivity index (χ2n) is 5.03. The number of anilines is 4. The lowest BCUT2D eigenvalue weighted by Gasteiger charge is -2.11. The van der Waals surface area contributed by atoms with E-state index in [1.165, 1.54) is 5.69 Å². The Kier molecular flexibility index (Phi) is 8.07. The summed E-state index contributed by atoms with van der Waals surface area (Å²) >= 11 is 1.84. The molecule has 0 aromatic heterocycles. The van der Waals surface area contributed by atoms with Gasteiger partial charge in [-0.25, -0.2) is 0 Å². The van der Waals surface area contributed by atoms with E-state index in [2.05, 4.69) is 11.6 Å². The smallest absolute Gasteiger partial charge is 0.0362 e. The molecule has 0 saturated heterocycles. The Morgan fingerprint density at radius 3 is 1.86 bits per heavy atom. The van der Waals surface area contributed by atoms with E-state index in [4.69, 9.17) is 11.5 Å². The van der Waals surface area contributed by atoms with Gasteiger partial charge in [-0.3, -0.25) is 0 Å². The molecule has 5 N–H and O–H groups in total. The van der Waals surface area contributed by atoms with E-state index >= 15 is 0 Å². The minimum atomic E-state index is 0.811. The number of nitrogens with zero attached hydrogens (tertiary/aromatic N) is 1. The van der Waals surface area contributed by atoms with Crippen molar-refractivity contribution in [2.45, 2.75) is 0 Å². The van der Waals surface area contributed by atoms with E-state index in [0.717, 1.165) is 29.4 Å². The molecule has 0 heterocycles. The van der Waals surface area contributed by atoms with Crippen LogP contribution in [0.5, 0.6) is 0 Å². The number of nitrogen functional groups attached to an aromatic ring is 2. The molecule has 0 bridgehead atoms. The Labute approximate surface area is 137 Å². The van der Waals surface area contributed by atoms with Crippen LogP contribution in [0.3, 0.4) is 0 Å². The van der Waals surface area contributed by atoms with Gasteiger partial charge in [-0.2, -0.15) is 11.8 Å². The molecular formula is C17H26N4S. The molecule has 0 unspecified atom stereocenters. The third-order valence-electron chi connectivity index (χ3n) is 2.96. The van der Waals surface area contributed by atoms with Crippen molar-refractivity contribution in [3.8, 4) is 0 Å². The van der Waals surface area contributed by atoms with E-state index in [0.29, 0.717) is 0 Å². The highest BCUT2D eigenvalue weighted by Crippen LogP contribution is 2.12. The summed E-state index contributed by atoms with van der Waals surface area (Å²) in [5.41, 5.74) is 15.0. The fourth-order valence-electron chi connectivity index (χ4n) is 1.67. The maximum absolute atomic E-state index is 5.55. The quantitative estimate of drug-likeness (QED) is 0.582. The van der Waals surface area contributed by atoms with Crippen molar-refractivity contribution in [1.29, 1.82) is 0 Å². The monoisotopic (exact) mass is 318 g/mol. The molecule has 4 nitrogen and oxygen atoms in total. The summed E-state index contributed by atoms with van der Waals surface area (Å²) in [4.78, 5) is 2.04. The van der Waals surface area contributed by atoms with Crippen LogP contribution in [-0.4, -0.2) is 32.6 Å². The van der Waals surface area contributed by atoms with Gasteiger partial charge in [0, 0.05) is 49.1 Å². The van der Waals surface area contributed by atoms with Crippen molar-refractivity contribution < 1.29 is 0 Å². The number of benzene rings is 2. The van der Waals surface area contributed by atoms with Crippen molar-refractivity contribution in [1.82, 2.24) is 0 Å². The van der Waals surface area contributed by atoms with Gasteiger partial charge in [-0.15, -0.1) is 0 Å². The molecule has 0 radical (unpaired) electrons. The minimum Gasteiger partial charge on any atom is -0.399 e. The van der Waals surface area contributed by atoms with Crippen LogP contribution < -0.4 is 21.7 Å². The van der Waals surface area contributed by atoms with Gasteiger partial charge in [-0.1, -0.05) is 0 Å². The summed E-state index contributed by atoms with van der Waals surface area (Å²) in [5.74, 6) is 1.13. The van der Waals surface area contributed by atoms with Gasteiger partial charge in [0.1, 0.15) is 0 Å². The number of hydrogen-bond donors (Lipinski definition) is 3. The lowest BCUT2D eigenvalue weighted by atomic mass is 10.3. The first-order chi connectivity index (χ1) is 10.5. The molecule has 0 aliphatic rings. The number of nitrogens with two attached hydrogens (primary N) is 2. The fourth-order valence-corrected chi connectivity index (χ4v) is 1.98. The topological polar surface area (TPSA) is 67.3 Å². The Bertz CT molecular complexity index is 523. The maximum Gasteiger partial charge on any atom is 0.0362 e. The molecule has 0 atom stereocenters. The summed E-state index contributed by atoms with van der Waals surface area (Å²) in [6.45, 7) is 1.01. The second-order valence-corrected chi connectivity index (χ2v) is 6.01. The van der Waals surface area contributed by atoms with Crippen LogP contribution in [0.4, 0.5) is 22.7 Å². The summed E-state index contributed by atoms with van der Waals surface area (Å²) in [7, 11) is 4.01. The molecule has 0 aliphatic carbocycles. The van der Waals surface area contributed by atoms with Crippen LogP contribution in [0.1, 0.15) is 0 Å². The average molecular weight is 318 g/mol. The molecule has 2 aromatic carbocycles. The van der Waals surface area contributed by atoms with Crippen LogP contribution >= 0.6 is 11.8 Å². The Morgan fingerprint density at radius 2 is 1.41 bits per heavy atom. The molecule has 0 spiro atoms. The van der Waals surface area contributed by atoms with Crippen molar-refractivity contribution in [2.24, 2.45) is 0 Å². The van der Waals surface area contributed by atoms with Gasteiger partial charge in [0.15, 0.2) is 0 Å². The number of thioether (sulfide) groups is 1. The van der Waals surface area contributed by atoms with Crippen LogP contribution in [0.2, 0.25) is 0 Å². The van der Waals surface area contributed by atoms with Crippen LogP contribution in [0.25, 0.3) is 0 Å². The van der Waals surface area contributed by atoms with E-state index in [1.807, 2.05) is 79.3 Å². The van der Waals surface area contributed by atoms with Gasteiger partial charge in [-0.05, 0) is 54.8 Å². The molecule has 5 heteroatoms. The molecule has 0 amide bonds. The van der Waals surface area contributed by atoms with Crippen molar-refractivity contribution in [3.05, 3.63) is 48.5 Å². The second kappa shape index (κ2) is 9.84. The van der Waals surface area contributed by atoms with E-state index in [-0.39, 0.29) is 0 Å². The predicted molar refractivity (Wildman–Crippen MR) is 103 cm³/mol. The summed E-state index contributed by atoms with van der Waals surface area (Å²) in [6, 6.07) is 15.6. The van der Waals surface area contributed by atoms with Gasteiger partial charge in [0.05, 0.1) is 0 Å². The summed E-state index contributed by atoms with van der Waals surface area (Å²) in [5, 5.41) is 3.30. The molecule has 2 aromatic rings. The zero-order chi connectivity index (χ0) is 16.4. The zero-order valence-corrected chi connectivity index (χ0v) is 14.4. The maximum atomic E-state index is 5.55. The minimum absolute atomic E-state index is 0.811. The number of nitrogens with one attached hydrogen (secondary N) is 1. The molecule has 22 heavy (non-hydrogen) atoms. The third-order valence-corrected chi connectivity index (χ3v) is 3.57. The standard InChI is InChI=1S/C9H14N2S.C8H12N2/c1-12-7-6-11-9-4-2-8(10)3-5-9;1-10(2)8-5-3-7(9)4-6-8/h2-5,11H,6-7,10H2,1H3;3-6H,9H2,1-2H3. The van der Waals surface area contributed by atoms with E-state index in [9.17, 15) is 0 Å². The Morgan fingerprint density at radius 1 is 0.909 bits per heavy atom. The van der Waals surface area contributed by atoms with E-state index < -0.39 is 0 Å². The van der Waals surface area contributed by atoms with Crippen LogP contribution in [0.15, 0.2) is 48.5 Å². The SMILES string of the molecule is CN(C)c1ccc(N)cc1.CSCCNc1ccc(N)cc1. The summed E-state index contributed by atoms with van der Waals surface area (Å²) < 4.78 is 0. The zero-order valence-electron chi connectivity index (χ0n) is 13.5. The molecule has 0 fully saturated rings. The lowest BCUT2D eigenvalue weighted by Crippen LogP contribution is -2.08. The van der Waals surface area contributed by atoms with Gasteiger partial charge >= 0.3 is 0 Å². The summed E-state index contributed by atoms with van der Waals surface area (Å²) in [6.07, 6.45) is 2.10. The van der Waals surface area contributed by atoms with Gasteiger partial charge < -0.3 is 21.7 Å². The first-order valence-corrected chi connectivity index (χ1v) is 8.53. The highest BCUT2D eigenvalue weighted by molar-refractivity contribution is 7.98. The molecule has 0 saturated carbocycles. The molecule has 0 aliphatic heterocycles. The lowest BCUT2D eigenvalue weighted by molar-refractivity contribution is 1.13. The van der Waals surface area contributed by atoms with E-state index in [1.54, 1.807) is 0 Å². The fraction of sp³-hybridized carbons (Fsp3) is 0.294. The largest absolute Gasteiger partial charge is 0.399 e. The number of rotatable bonds is 5. The first kappa shape index (κ1) is 18.0. The van der Waals surface area contributed by atoms with Crippen molar-refractivity contribution in [3.63, 3.8) is 0 Å². The highest BCUT2D eigenvalue weighted by atomic mass is 32.2. The normalized spacial score (nSPS) is 9.59. The number of hydrogen-bond acceptors (Lipinski definition) is 5. The Hall–Kier alpha value is -2.01. The van der Waals surface area contributed by atoms with Crippen molar-refractivity contribution >= 4 is 34.5 Å². The molecule has 120 valence electrons. The third kappa shape index (κ3) is 7.13. The predicted octanol–water partition coefficient (Wildman–Crippen LogP) is 3.38.